The summed E-state index contributed by atoms with van der Waals surface area (Å²) in [5.74, 6) is 0.00932. The van der Waals surface area contributed by atoms with Crippen molar-refractivity contribution in [2.75, 3.05) is 20.1 Å². The summed E-state index contributed by atoms with van der Waals surface area (Å²) in [6.45, 7) is 0.505. The molecule has 1 amide bonds. The smallest absolute Gasteiger partial charge is 0.234 e. The van der Waals surface area contributed by atoms with Crippen LogP contribution >= 0.6 is 15.9 Å². The zero-order chi connectivity index (χ0) is 13.8. The van der Waals surface area contributed by atoms with Gasteiger partial charge in [-0.25, -0.2) is 0 Å². The normalized spacial score (nSPS) is 14.5. The molecule has 0 spiro atoms. The molecule has 1 aromatic carbocycles. The Morgan fingerprint density at radius 1 is 1.37 bits per heavy atom. The Bertz CT molecular complexity index is 486. The van der Waals surface area contributed by atoms with Gasteiger partial charge >= 0.3 is 0 Å². The van der Waals surface area contributed by atoms with Gasteiger partial charge in [0.25, 0.3) is 0 Å². The lowest BCUT2D eigenvalue weighted by molar-refractivity contribution is -0.121. The summed E-state index contributed by atoms with van der Waals surface area (Å²) in [7, 11) is 1.78. The maximum absolute atomic E-state index is 12.0. The number of ketones is 1. The Labute approximate surface area is 121 Å². The van der Waals surface area contributed by atoms with E-state index in [9.17, 15) is 9.59 Å². The van der Waals surface area contributed by atoms with Crippen molar-refractivity contribution in [3.8, 4) is 0 Å². The maximum atomic E-state index is 12.0. The van der Waals surface area contributed by atoms with Crippen LogP contribution in [0.15, 0.2) is 28.7 Å². The first-order valence-corrected chi connectivity index (χ1v) is 7.10. The van der Waals surface area contributed by atoms with Crippen LogP contribution in [0.4, 0.5) is 0 Å². The molecule has 1 aliphatic rings. The number of hydrogen-bond donors (Lipinski definition) is 1. The topological polar surface area (TPSA) is 49.4 Å². The van der Waals surface area contributed by atoms with Gasteiger partial charge in [0.1, 0.15) is 0 Å². The zero-order valence-corrected chi connectivity index (χ0v) is 12.4. The third kappa shape index (κ3) is 4.76. The fourth-order valence-corrected chi connectivity index (χ4v) is 2.20. The van der Waals surface area contributed by atoms with Gasteiger partial charge in [0.05, 0.1) is 13.1 Å². The highest BCUT2D eigenvalue weighted by atomic mass is 79.9. The fraction of sp³-hybridized carbons (Fsp3) is 0.429. The van der Waals surface area contributed by atoms with Crippen molar-refractivity contribution in [3.63, 3.8) is 0 Å². The molecule has 1 fully saturated rings. The standard InChI is InChI=1S/C14H17BrN2O2/c1-17(9-14(19)16-12-5-6-12)8-13(18)10-3-2-4-11(15)7-10/h2-4,7,12H,5-6,8-9H2,1H3,(H,16,19). The van der Waals surface area contributed by atoms with Crippen molar-refractivity contribution in [1.82, 2.24) is 10.2 Å². The summed E-state index contributed by atoms with van der Waals surface area (Å²) in [5.41, 5.74) is 0.656. The minimum Gasteiger partial charge on any atom is -0.352 e. The molecule has 0 radical (unpaired) electrons. The molecule has 19 heavy (non-hydrogen) atoms. The van der Waals surface area contributed by atoms with Gasteiger partial charge in [0, 0.05) is 16.1 Å². The van der Waals surface area contributed by atoms with Crippen LogP contribution in [0, 0.1) is 0 Å². The van der Waals surface area contributed by atoms with Gasteiger partial charge in [-0.2, -0.15) is 0 Å². The van der Waals surface area contributed by atoms with E-state index in [0.29, 0.717) is 11.6 Å². The van der Waals surface area contributed by atoms with E-state index in [1.807, 2.05) is 12.1 Å². The van der Waals surface area contributed by atoms with Gasteiger partial charge in [-0.1, -0.05) is 28.1 Å². The molecule has 0 bridgehead atoms. The third-order valence-corrected chi connectivity index (χ3v) is 3.41. The van der Waals surface area contributed by atoms with Crippen LogP contribution in [0.1, 0.15) is 23.2 Å². The molecule has 5 heteroatoms. The molecule has 102 valence electrons. The van der Waals surface area contributed by atoms with Crippen LogP contribution in [0.3, 0.4) is 0 Å². The summed E-state index contributed by atoms with van der Waals surface area (Å²) in [6.07, 6.45) is 2.15. The second kappa shape index (κ2) is 6.30. The Morgan fingerprint density at radius 3 is 2.74 bits per heavy atom. The largest absolute Gasteiger partial charge is 0.352 e. The first kappa shape index (κ1) is 14.2. The van der Waals surface area contributed by atoms with Crippen LogP contribution in [-0.4, -0.2) is 42.8 Å². The molecular formula is C14H17BrN2O2. The van der Waals surface area contributed by atoms with Gasteiger partial charge in [-0.05, 0) is 32.0 Å². The number of nitrogens with one attached hydrogen (secondary N) is 1. The van der Waals surface area contributed by atoms with E-state index in [4.69, 9.17) is 0 Å². The van der Waals surface area contributed by atoms with Gasteiger partial charge in [-0.15, -0.1) is 0 Å². The number of rotatable bonds is 6. The van der Waals surface area contributed by atoms with Crippen LogP contribution in [-0.2, 0) is 4.79 Å². The number of Topliss-reactive ketones (excluding diaryl/α,β-unsaturated/α-hetero) is 1. The average Bonchev–Trinajstić information content (AvgIpc) is 3.12. The molecule has 1 aliphatic carbocycles. The maximum Gasteiger partial charge on any atom is 0.234 e. The first-order chi connectivity index (χ1) is 9.04. The van der Waals surface area contributed by atoms with Gasteiger partial charge in [-0.3, -0.25) is 14.5 Å². The van der Waals surface area contributed by atoms with E-state index in [0.717, 1.165) is 17.3 Å². The summed E-state index contributed by atoms with van der Waals surface area (Å²) in [4.78, 5) is 25.4. The molecule has 1 saturated carbocycles. The third-order valence-electron chi connectivity index (χ3n) is 2.92. The fourth-order valence-electron chi connectivity index (χ4n) is 1.80. The van der Waals surface area contributed by atoms with E-state index in [1.165, 1.54) is 0 Å². The number of carbonyl (C=O) groups excluding carboxylic acids is 2. The predicted molar refractivity (Wildman–Crippen MR) is 77.1 cm³/mol. The second-order valence-corrected chi connectivity index (χ2v) is 5.86. The average molecular weight is 325 g/mol. The van der Waals surface area contributed by atoms with E-state index >= 15 is 0 Å². The number of carbonyl (C=O) groups is 2. The summed E-state index contributed by atoms with van der Waals surface area (Å²) >= 11 is 3.34. The minimum atomic E-state index is -0.00737. The van der Waals surface area contributed by atoms with Crippen LogP contribution in [0.25, 0.3) is 0 Å². The zero-order valence-electron chi connectivity index (χ0n) is 10.9. The van der Waals surface area contributed by atoms with Crippen molar-refractivity contribution in [2.24, 2.45) is 0 Å². The molecular weight excluding hydrogens is 308 g/mol. The van der Waals surface area contributed by atoms with Gasteiger partial charge in [0.15, 0.2) is 5.78 Å². The summed E-state index contributed by atoms with van der Waals surface area (Å²) in [5, 5.41) is 2.91. The highest BCUT2D eigenvalue weighted by molar-refractivity contribution is 9.10. The van der Waals surface area contributed by atoms with E-state index in [2.05, 4.69) is 21.2 Å². The van der Waals surface area contributed by atoms with Crippen LogP contribution in [0.5, 0.6) is 0 Å². The first-order valence-electron chi connectivity index (χ1n) is 6.31. The number of benzene rings is 1. The van der Waals surface area contributed by atoms with E-state index in [-0.39, 0.29) is 24.8 Å². The van der Waals surface area contributed by atoms with Gasteiger partial charge < -0.3 is 5.32 Å². The highest BCUT2D eigenvalue weighted by Gasteiger charge is 2.23. The molecule has 0 aromatic heterocycles. The molecule has 0 unspecified atom stereocenters. The Morgan fingerprint density at radius 2 is 2.11 bits per heavy atom. The van der Waals surface area contributed by atoms with Crippen LogP contribution in [0.2, 0.25) is 0 Å². The molecule has 0 saturated heterocycles. The Kier molecular flexibility index (Phi) is 4.71. The number of hydrogen-bond acceptors (Lipinski definition) is 3. The van der Waals surface area contributed by atoms with Crippen LogP contribution < -0.4 is 5.32 Å². The molecule has 1 N–H and O–H groups in total. The molecule has 1 aromatic rings. The van der Waals surface area contributed by atoms with Crippen molar-refractivity contribution in [2.45, 2.75) is 18.9 Å². The number of likely N-dealkylation sites (N-methyl/N-ethyl adjacent to an activating group) is 1. The van der Waals surface area contributed by atoms with Crippen molar-refractivity contribution in [1.29, 1.82) is 0 Å². The molecule has 4 nitrogen and oxygen atoms in total. The molecule has 0 atom stereocenters. The second-order valence-electron chi connectivity index (χ2n) is 4.95. The van der Waals surface area contributed by atoms with Crippen molar-refractivity contribution >= 4 is 27.6 Å². The summed E-state index contributed by atoms with van der Waals surface area (Å²) in [6, 6.07) is 7.65. The monoisotopic (exact) mass is 324 g/mol. The Hall–Kier alpha value is -1.20. The van der Waals surface area contributed by atoms with Gasteiger partial charge in [0.2, 0.25) is 5.91 Å². The number of nitrogens with zero attached hydrogens (tertiary/aromatic N) is 1. The number of amides is 1. The Balaban J connectivity index is 1.82. The summed E-state index contributed by atoms with van der Waals surface area (Å²) < 4.78 is 0.882. The minimum absolute atomic E-state index is 0.00737. The molecule has 2 rings (SSSR count). The lowest BCUT2D eigenvalue weighted by atomic mass is 10.1. The molecule has 0 heterocycles. The number of halogens is 1. The van der Waals surface area contributed by atoms with E-state index < -0.39 is 0 Å². The highest BCUT2D eigenvalue weighted by Crippen LogP contribution is 2.18. The lowest BCUT2D eigenvalue weighted by Gasteiger charge is -2.15. The SMILES string of the molecule is CN(CC(=O)NC1CC1)CC(=O)c1cccc(Br)c1. The van der Waals surface area contributed by atoms with Crippen molar-refractivity contribution in [3.05, 3.63) is 34.3 Å². The van der Waals surface area contributed by atoms with Crippen molar-refractivity contribution < 1.29 is 9.59 Å². The molecule has 0 aliphatic heterocycles. The lowest BCUT2D eigenvalue weighted by Crippen LogP contribution is -2.38. The van der Waals surface area contributed by atoms with E-state index in [1.54, 1.807) is 24.1 Å². The quantitative estimate of drug-likeness (QED) is 0.812. The predicted octanol–water partition coefficient (Wildman–Crippen LogP) is 1.84.